The number of thioether (sulfide) groups is 1. The smallest absolute Gasteiger partial charge is 0.192 e. The number of aromatic nitrogens is 3. The molecule has 0 aliphatic heterocycles. The molecule has 1 aromatic carbocycles. The van der Waals surface area contributed by atoms with Crippen molar-refractivity contribution in [2.75, 3.05) is 65.3 Å². The standard InChI is InChI=1S/C26H37N5O5S2/c1-5-6-21-24(17(2)37-26-29-22(27)16-23(28)30-26)31-25(38-21)18-7-8-19(33-4)20(15-18)36-14-13-35-12-11-34-10-9-32-3/h7-8,15-17H,5-6,9-14H2,1-4H3,(H4,27,28,29,30). The summed E-state index contributed by atoms with van der Waals surface area (Å²) in [6, 6.07) is 7.41. The maximum Gasteiger partial charge on any atom is 0.192 e. The molecule has 208 valence electrons. The highest BCUT2D eigenvalue weighted by Crippen LogP contribution is 2.41. The molecule has 0 radical (unpaired) electrons. The molecule has 38 heavy (non-hydrogen) atoms. The Labute approximate surface area is 232 Å². The number of nitrogen functional groups attached to an aromatic ring is 2. The van der Waals surface area contributed by atoms with Gasteiger partial charge in [-0.1, -0.05) is 25.1 Å². The maximum atomic E-state index is 5.99. The number of methoxy groups -OCH3 is 2. The number of rotatable bonds is 17. The van der Waals surface area contributed by atoms with E-state index in [1.165, 1.54) is 16.6 Å². The molecule has 10 nitrogen and oxygen atoms in total. The van der Waals surface area contributed by atoms with Crippen LogP contribution in [0.3, 0.4) is 0 Å². The van der Waals surface area contributed by atoms with Crippen molar-refractivity contribution in [3.63, 3.8) is 0 Å². The highest BCUT2D eigenvalue weighted by Gasteiger charge is 2.21. The third-order valence-electron chi connectivity index (χ3n) is 5.32. The molecular weight excluding hydrogens is 526 g/mol. The van der Waals surface area contributed by atoms with Gasteiger partial charge >= 0.3 is 0 Å². The predicted molar refractivity (Wildman–Crippen MR) is 152 cm³/mol. The number of hydrogen-bond acceptors (Lipinski definition) is 12. The van der Waals surface area contributed by atoms with Crippen molar-refractivity contribution in [3.05, 3.63) is 34.8 Å². The molecular formula is C26H37N5O5S2. The summed E-state index contributed by atoms with van der Waals surface area (Å²) < 4.78 is 27.4. The van der Waals surface area contributed by atoms with Crippen molar-refractivity contribution in [2.24, 2.45) is 0 Å². The molecule has 2 aromatic heterocycles. The number of nitrogens with zero attached hydrogens (tertiary/aromatic N) is 3. The number of aryl methyl sites for hydroxylation is 1. The first-order chi connectivity index (χ1) is 18.4. The van der Waals surface area contributed by atoms with Gasteiger partial charge in [-0.2, -0.15) is 0 Å². The van der Waals surface area contributed by atoms with Crippen molar-refractivity contribution in [1.29, 1.82) is 0 Å². The van der Waals surface area contributed by atoms with Crippen molar-refractivity contribution < 1.29 is 23.7 Å². The van der Waals surface area contributed by atoms with Gasteiger partial charge in [0.15, 0.2) is 16.7 Å². The number of thiazole rings is 1. The van der Waals surface area contributed by atoms with Gasteiger partial charge in [0.05, 0.1) is 51.1 Å². The van der Waals surface area contributed by atoms with E-state index >= 15 is 0 Å². The minimum Gasteiger partial charge on any atom is -0.493 e. The van der Waals surface area contributed by atoms with Gasteiger partial charge in [-0.3, -0.25) is 0 Å². The van der Waals surface area contributed by atoms with Crippen LogP contribution >= 0.6 is 23.1 Å². The fourth-order valence-corrected chi connectivity index (χ4v) is 5.81. The van der Waals surface area contributed by atoms with Crippen LogP contribution in [0.5, 0.6) is 11.5 Å². The third-order valence-corrected chi connectivity index (χ3v) is 7.47. The summed E-state index contributed by atoms with van der Waals surface area (Å²) in [5.74, 6) is 2.00. The summed E-state index contributed by atoms with van der Waals surface area (Å²) >= 11 is 3.18. The Morgan fingerprint density at radius 3 is 2.24 bits per heavy atom. The van der Waals surface area contributed by atoms with E-state index < -0.39 is 0 Å². The first-order valence-corrected chi connectivity index (χ1v) is 14.2. The Bertz CT molecular complexity index is 1130. The zero-order valence-corrected chi connectivity index (χ0v) is 24.0. The van der Waals surface area contributed by atoms with Crippen LogP contribution < -0.4 is 20.9 Å². The van der Waals surface area contributed by atoms with Gasteiger partial charge in [0.25, 0.3) is 0 Å². The zero-order valence-electron chi connectivity index (χ0n) is 22.4. The topological polar surface area (TPSA) is 137 Å². The molecule has 0 amide bonds. The minimum absolute atomic E-state index is 0.0207. The lowest BCUT2D eigenvalue weighted by molar-refractivity contribution is 0.0178. The zero-order chi connectivity index (χ0) is 27.3. The van der Waals surface area contributed by atoms with Crippen LogP contribution in [0.2, 0.25) is 0 Å². The molecule has 3 rings (SSSR count). The SMILES string of the molecule is CCCc1sc(-c2ccc(OC)c(OCCOCCOCCOC)c2)nc1C(C)Sc1nc(N)cc(N)n1. The first kappa shape index (κ1) is 29.9. The van der Waals surface area contributed by atoms with E-state index in [9.17, 15) is 0 Å². The largest absolute Gasteiger partial charge is 0.493 e. The Kier molecular flexibility index (Phi) is 12.4. The van der Waals surface area contributed by atoms with Crippen LogP contribution in [0.15, 0.2) is 29.4 Å². The van der Waals surface area contributed by atoms with Crippen LogP contribution in [0.25, 0.3) is 10.6 Å². The summed E-state index contributed by atoms with van der Waals surface area (Å²) in [6.07, 6.45) is 1.95. The van der Waals surface area contributed by atoms with Crippen LogP contribution in [0, 0.1) is 0 Å². The Morgan fingerprint density at radius 2 is 1.58 bits per heavy atom. The maximum absolute atomic E-state index is 5.99. The van der Waals surface area contributed by atoms with E-state index in [-0.39, 0.29) is 5.25 Å². The lowest BCUT2D eigenvalue weighted by Crippen LogP contribution is -2.12. The summed E-state index contributed by atoms with van der Waals surface area (Å²) in [5, 5.41) is 1.48. The summed E-state index contributed by atoms with van der Waals surface area (Å²) in [7, 11) is 3.27. The highest BCUT2D eigenvalue weighted by atomic mass is 32.2. The predicted octanol–water partition coefficient (Wildman–Crippen LogP) is 4.64. The normalized spacial score (nSPS) is 12.0. The summed E-state index contributed by atoms with van der Waals surface area (Å²) in [6.45, 7) is 7.22. The quantitative estimate of drug-likeness (QED) is 0.135. The van der Waals surface area contributed by atoms with Gasteiger partial charge in [0.1, 0.15) is 23.3 Å². The van der Waals surface area contributed by atoms with E-state index in [1.54, 1.807) is 31.6 Å². The van der Waals surface area contributed by atoms with Gasteiger partial charge in [-0.05, 0) is 31.5 Å². The molecule has 0 spiro atoms. The van der Waals surface area contributed by atoms with E-state index in [0.717, 1.165) is 29.1 Å². The van der Waals surface area contributed by atoms with Gasteiger partial charge in [0.2, 0.25) is 0 Å². The molecule has 0 fully saturated rings. The third kappa shape index (κ3) is 8.98. The second-order valence-corrected chi connectivity index (χ2v) is 10.7. The van der Waals surface area contributed by atoms with Crippen LogP contribution in [-0.2, 0) is 20.6 Å². The second-order valence-electron chi connectivity index (χ2n) is 8.27. The van der Waals surface area contributed by atoms with Crippen molar-refractivity contribution in [2.45, 2.75) is 37.1 Å². The Balaban J connectivity index is 1.68. The first-order valence-electron chi connectivity index (χ1n) is 12.5. The molecule has 3 aromatic rings. The molecule has 1 atom stereocenters. The van der Waals surface area contributed by atoms with Crippen LogP contribution in [-0.4, -0.2) is 68.8 Å². The summed E-state index contributed by atoms with van der Waals surface area (Å²) in [4.78, 5) is 14.9. The monoisotopic (exact) mass is 563 g/mol. The van der Waals surface area contributed by atoms with Crippen molar-refractivity contribution in [1.82, 2.24) is 15.0 Å². The van der Waals surface area contributed by atoms with Crippen LogP contribution in [0.4, 0.5) is 11.6 Å². The average Bonchev–Trinajstić information content (AvgIpc) is 3.31. The van der Waals surface area contributed by atoms with Crippen molar-refractivity contribution >= 4 is 34.7 Å². The molecule has 0 saturated carbocycles. The van der Waals surface area contributed by atoms with Crippen molar-refractivity contribution in [3.8, 4) is 22.1 Å². The van der Waals surface area contributed by atoms with Gasteiger partial charge < -0.3 is 35.2 Å². The molecule has 0 bridgehead atoms. The van der Waals surface area contributed by atoms with Crippen LogP contribution in [0.1, 0.15) is 36.1 Å². The number of benzene rings is 1. The van der Waals surface area contributed by atoms with E-state index in [4.69, 9.17) is 40.1 Å². The summed E-state index contributed by atoms with van der Waals surface area (Å²) in [5.41, 5.74) is 13.7. The van der Waals surface area contributed by atoms with E-state index in [1.807, 2.05) is 18.2 Å². The number of anilines is 2. The molecule has 12 heteroatoms. The minimum atomic E-state index is 0.0207. The lowest BCUT2D eigenvalue weighted by atomic mass is 10.2. The Hall–Kier alpha value is -2.64. The fourth-order valence-electron chi connectivity index (χ4n) is 3.54. The number of nitrogens with two attached hydrogens (primary N) is 2. The molecule has 0 saturated heterocycles. The lowest BCUT2D eigenvalue weighted by Gasteiger charge is -2.12. The molecule has 0 aliphatic carbocycles. The van der Waals surface area contributed by atoms with Gasteiger partial charge in [-0.25, -0.2) is 15.0 Å². The molecule has 2 heterocycles. The van der Waals surface area contributed by atoms with E-state index in [2.05, 4.69) is 23.8 Å². The fraction of sp³-hybridized carbons (Fsp3) is 0.500. The molecule has 4 N–H and O–H groups in total. The van der Waals surface area contributed by atoms with Gasteiger partial charge in [-0.15, -0.1) is 11.3 Å². The average molecular weight is 564 g/mol. The molecule has 1 unspecified atom stereocenters. The van der Waals surface area contributed by atoms with Gasteiger partial charge in [0, 0.05) is 23.6 Å². The van der Waals surface area contributed by atoms with E-state index in [0.29, 0.717) is 67.9 Å². The number of ether oxygens (including phenoxy) is 5. The second kappa shape index (κ2) is 15.7. The Morgan fingerprint density at radius 1 is 0.895 bits per heavy atom. The molecule has 0 aliphatic rings. The number of hydrogen-bond donors (Lipinski definition) is 2. The highest BCUT2D eigenvalue weighted by molar-refractivity contribution is 7.99.